The predicted molar refractivity (Wildman–Crippen MR) is 62.7 cm³/mol. The highest BCUT2D eigenvalue weighted by Crippen LogP contribution is 2.14. The second kappa shape index (κ2) is 6.67. The van der Waals surface area contributed by atoms with Crippen LogP contribution in [0.2, 0.25) is 0 Å². The Balaban J connectivity index is 4.00. The highest BCUT2D eigenvalue weighted by atomic mass is 35.5. The van der Waals surface area contributed by atoms with Crippen LogP contribution in [0.3, 0.4) is 0 Å². The SMILES string of the molecule is CCC(C)S(=O)(=O)CCC(C)CCCl. The molecule has 2 nitrogen and oxygen atoms in total. The first kappa shape index (κ1) is 14.2. The molecule has 0 spiro atoms. The van der Waals surface area contributed by atoms with Gasteiger partial charge in [-0.2, -0.15) is 0 Å². The molecule has 2 unspecified atom stereocenters. The summed E-state index contributed by atoms with van der Waals surface area (Å²) < 4.78 is 23.3. The molecule has 2 atom stereocenters. The van der Waals surface area contributed by atoms with Crippen molar-refractivity contribution in [2.45, 2.75) is 45.3 Å². The summed E-state index contributed by atoms with van der Waals surface area (Å²) in [7, 11) is -2.87. The first-order valence-electron chi connectivity index (χ1n) is 5.21. The maximum atomic E-state index is 11.6. The Morgan fingerprint density at radius 2 is 1.79 bits per heavy atom. The van der Waals surface area contributed by atoms with E-state index in [9.17, 15) is 8.42 Å². The molecule has 0 saturated heterocycles. The van der Waals surface area contributed by atoms with E-state index in [2.05, 4.69) is 6.92 Å². The van der Waals surface area contributed by atoms with E-state index in [1.807, 2.05) is 6.92 Å². The molecule has 0 aromatic carbocycles. The fourth-order valence-electron chi connectivity index (χ4n) is 1.15. The first-order valence-corrected chi connectivity index (χ1v) is 7.46. The third-order valence-corrected chi connectivity index (χ3v) is 5.27. The quantitative estimate of drug-likeness (QED) is 0.642. The maximum absolute atomic E-state index is 11.6. The van der Waals surface area contributed by atoms with E-state index in [4.69, 9.17) is 11.6 Å². The molecule has 0 N–H and O–H groups in total. The molecule has 0 heterocycles. The van der Waals surface area contributed by atoms with Gasteiger partial charge in [-0.1, -0.05) is 13.8 Å². The number of rotatable bonds is 7. The van der Waals surface area contributed by atoms with Crippen molar-refractivity contribution in [1.82, 2.24) is 0 Å². The van der Waals surface area contributed by atoms with E-state index in [0.29, 0.717) is 24.0 Å². The number of halogens is 1. The van der Waals surface area contributed by atoms with E-state index < -0.39 is 9.84 Å². The van der Waals surface area contributed by atoms with E-state index in [1.165, 1.54) is 0 Å². The summed E-state index contributed by atoms with van der Waals surface area (Å²) in [6, 6.07) is 0. The molecule has 86 valence electrons. The van der Waals surface area contributed by atoms with Crippen molar-refractivity contribution in [3.05, 3.63) is 0 Å². The Hall–Kier alpha value is 0.240. The van der Waals surface area contributed by atoms with Gasteiger partial charge in [-0.3, -0.25) is 0 Å². The van der Waals surface area contributed by atoms with Crippen LogP contribution in [0.1, 0.15) is 40.0 Å². The molecule has 0 radical (unpaired) electrons. The van der Waals surface area contributed by atoms with Gasteiger partial charge in [-0.05, 0) is 32.1 Å². The van der Waals surface area contributed by atoms with Gasteiger partial charge < -0.3 is 0 Å². The molecule has 0 saturated carbocycles. The molecule has 0 aliphatic carbocycles. The Bertz CT molecular complexity index is 237. The minimum absolute atomic E-state index is 0.203. The van der Waals surface area contributed by atoms with Crippen LogP contribution in [0.25, 0.3) is 0 Å². The average molecular weight is 241 g/mol. The van der Waals surface area contributed by atoms with Crippen LogP contribution >= 0.6 is 11.6 Å². The first-order chi connectivity index (χ1) is 6.44. The topological polar surface area (TPSA) is 34.1 Å². The Morgan fingerprint density at radius 1 is 1.21 bits per heavy atom. The van der Waals surface area contributed by atoms with E-state index in [0.717, 1.165) is 12.8 Å². The van der Waals surface area contributed by atoms with Crippen molar-refractivity contribution in [2.24, 2.45) is 5.92 Å². The molecule has 0 aliphatic rings. The number of alkyl halides is 1. The molecule has 14 heavy (non-hydrogen) atoms. The Kier molecular flexibility index (Phi) is 6.79. The zero-order valence-corrected chi connectivity index (χ0v) is 10.9. The number of hydrogen-bond donors (Lipinski definition) is 0. The third-order valence-electron chi connectivity index (χ3n) is 2.69. The van der Waals surface area contributed by atoms with Crippen LogP contribution in [0.5, 0.6) is 0 Å². The summed E-state index contributed by atoms with van der Waals surface area (Å²) in [5.41, 5.74) is 0. The van der Waals surface area contributed by atoms with Crippen LogP contribution in [-0.4, -0.2) is 25.3 Å². The molecule has 0 aromatic heterocycles. The molecular weight excluding hydrogens is 220 g/mol. The van der Waals surface area contributed by atoms with Crippen molar-refractivity contribution in [2.75, 3.05) is 11.6 Å². The molecule has 0 rings (SSSR count). The van der Waals surface area contributed by atoms with Crippen LogP contribution < -0.4 is 0 Å². The summed E-state index contributed by atoms with van der Waals surface area (Å²) in [4.78, 5) is 0. The second-order valence-corrected chi connectivity index (χ2v) is 6.87. The van der Waals surface area contributed by atoms with Gasteiger partial charge in [-0.25, -0.2) is 8.42 Å². The van der Waals surface area contributed by atoms with Crippen LogP contribution in [0.4, 0.5) is 0 Å². The van der Waals surface area contributed by atoms with Gasteiger partial charge in [0, 0.05) is 5.88 Å². The van der Waals surface area contributed by atoms with Crippen molar-refractivity contribution >= 4 is 21.4 Å². The lowest BCUT2D eigenvalue weighted by Crippen LogP contribution is -2.21. The molecular formula is C10H21ClO2S. The normalized spacial score (nSPS) is 16.6. The van der Waals surface area contributed by atoms with E-state index in [1.54, 1.807) is 6.92 Å². The highest BCUT2D eigenvalue weighted by molar-refractivity contribution is 7.91. The van der Waals surface area contributed by atoms with Gasteiger partial charge in [0.2, 0.25) is 0 Å². The number of sulfone groups is 1. The van der Waals surface area contributed by atoms with Crippen LogP contribution in [0, 0.1) is 5.92 Å². The van der Waals surface area contributed by atoms with Gasteiger partial charge in [0.15, 0.2) is 9.84 Å². The molecule has 0 amide bonds. The maximum Gasteiger partial charge on any atom is 0.152 e. The van der Waals surface area contributed by atoms with Crippen molar-refractivity contribution < 1.29 is 8.42 Å². The predicted octanol–water partition coefficient (Wildman–Crippen LogP) is 2.85. The highest BCUT2D eigenvalue weighted by Gasteiger charge is 2.19. The standard InChI is InChI=1S/C10H21ClO2S/c1-4-10(3)14(12,13)8-6-9(2)5-7-11/h9-10H,4-8H2,1-3H3. The van der Waals surface area contributed by atoms with Crippen molar-refractivity contribution in [3.63, 3.8) is 0 Å². The average Bonchev–Trinajstić information content (AvgIpc) is 2.14. The minimum atomic E-state index is -2.87. The zero-order valence-electron chi connectivity index (χ0n) is 9.29. The molecule has 0 aromatic rings. The lowest BCUT2D eigenvalue weighted by molar-refractivity contribution is 0.529. The van der Waals surface area contributed by atoms with Gasteiger partial charge in [0.1, 0.15) is 0 Å². The van der Waals surface area contributed by atoms with Gasteiger partial charge >= 0.3 is 0 Å². The lowest BCUT2D eigenvalue weighted by atomic mass is 10.1. The van der Waals surface area contributed by atoms with Gasteiger partial charge in [-0.15, -0.1) is 11.6 Å². The summed E-state index contributed by atoms with van der Waals surface area (Å²) >= 11 is 5.59. The summed E-state index contributed by atoms with van der Waals surface area (Å²) in [5.74, 6) is 1.33. The third kappa shape index (κ3) is 5.20. The fraction of sp³-hybridized carbons (Fsp3) is 1.00. The monoisotopic (exact) mass is 240 g/mol. The van der Waals surface area contributed by atoms with Gasteiger partial charge in [0.05, 0.1) is 11.0 Å². The van der Waals surface area contributed by atoms with Crippen molar-refractivity contribution in [1.29, 1.82) is 0 Å². The van der Waals surface area contributed by atoms with E-state index in [-0.39, 0.29) is 5.25 Å². The molecule has 4 heteroatoms. The summed E-state index contributed by atoms with van der Waals surface area (Å²) in [5, 5.41) is -0.203. The second-order valence-electron chi connectivity index (χ2n) is 3.96. The van der Waals surface area contributed by atoms with Crippen LogP contribution in [-0.2, 0) is 9.84 Å². The zero-order chi connectivity index (χ0) is 11.2. The Labute approximate surface area is 93.0 Å². The largest absolute Gasteiger partial charge is 0.229 e. The smallest absolute Gasteiger partial charge is 0.152 e. The number of hydrogen-bond acceptors (Lipinski definition) is 2. The lowest BCUT2D eigenvalue weighted by Gasteiger charge is -2.13. The molecule has 0 fully saturated rings. The Morgan fingerprint density at radius 3 is 2.21 bits per heavy atom. The van der Waals surface area contributed by atoms with Crippen molar-refractivity contribution in [3.8, 4) is 0 Å². The fourth-order valence-corrected chi connectivity index (χ4v) is 3.16. The molecule has 0 bridgehead atoms. The minimum Gasteiger partial charge on any atom is -0.229 e. The summed E-state index contributed by atoms with van der Waals surface area (Å²) in [6.45, 7) is 5.74. The van der Waals surface area contributed by atoms with Crippen LogP contribution in [0.15, 0.2) is 0 Å². The summed E-state index contributed by atoms with van der Waals surface area (Å²) in [6.07, 6.45) is 2.34. The molecule has 0 aliphatic heterocycles. The van der Waals surface area contributed by atoms with Gasteiger partial charge in [0.25, 0.3) is 0 Å². The van der Waals surface area contributed by atoms with E-state index >= 15 is 0 Å².